The quantitative estimate of drug-likeness (QED) is 0.557. The number of rotatable bonds is 0. The first-order valence-electron chi connectivity index (χ1n) is 7.36. The fourth-order valence-corrected chi connectivity index (χ4v) is 1.97. The van der Waals surface area contributed by atoms with Gasteiger partial charge in [0.1, 0.15) is 17.5 Å². The van der Waals surface area contributed by atoms with Gasteiger partial charge >= 0.3 is 0 Å². The Bertz CT molecular complexity index is 739. The summed E-state index contributed by atoms with van der Waals surface area (Å²) < 4.78 is 13.8. The Hall–Kier alpha value is -1.58. The van der Waals surface area contributed by atoms with Crippen molar-refractivity contribution >= 4 is 44.3 Å². The molecule has 0 atom stereocenters. The molecule has 0 aliphatic carbocycles. The monoisotopic (exact) mass is 405 g/mol. The molecule has 0 radical (unpaired) electrons. The smallest absolute Gasteiger partial charge is 0.209 e. The Morgan fingerprint density at radius 1 is 1.26 bits per heavy atom. The van der Waals surface area contributed by atoms with Crippen molar-refractivity contribution in [3.05, 3.63) is 37.2 Å². The zero-order chi connectivity index (χ0) is 18.7. The lowest BCUT2D eigenvalue weighted by Crippen LogP contribution is -2.12. The number of nitrogen functional groups attached to an aromatic ring is 1. The Morgan fingerprint density at radius 2 is 1.74 bits per heavy atom. The molecule has 0 unspecified atom stereocenters. The van der Waals surface area contributed by atoms with Crippen LogP contribution >= 0.6 is 27.5 Å². The van der Waals surface area contributed by atoms with Gasteiger partial charge in [-0.3, -0.25) is 4.79 Å². The number of anilines is 1. The molecular formula is C16H22BrClFN3O. The highest BCUT2D eigenvalue weighted by Gasteiger charge is 2.16. The molecule has 7 heteroatoms. The summed E-state index contributed by atoms with van der Waals surface area (Å²) in [6, 6.07) is 2.94. The fraction of sp³-hybridized carbons (Fsp3) is 0.375. The number of nitrogens with one attached hydrogen (secondary N) is 1. The predicted octanol–water partition coefficient (Wildman–Crippen LogP) is 5.62. The van der Waals surface area contributed by atoms with Gasteiger partial charge in [-0.15, -0.1) is 0 Å². The molecule has 0 saturated heterocycles. The second-order valence-electron chi connectivity index (χ2n) is 3.26. The van der Waals surface area contributed by atoms with Gasteiger partial charge in [0, 0.05) is 0 Å². The topological polar surface area (TPSA) is 82.7 Å². The summed E-state index contributed by atoms with van der Waals surface area (Å²) in [6.07, 6.45) is 0. The van der Waals surface area contributed by atoms with Gasteiger partial charge in [0.2, 0.25) is 5.43 Å². The van der Waals surface area contributed by atoms with Crippen LogP contribution in [0.1, 0.15) is 47.1 Å². The number of benzene rings is 1. The molecule has 0 spiro atoms. The maximum atomic E-state index is 13.8. The van der Waals surface area contributed by atoms with Crippen LogP contribution < -0.4 is 11.2 Å². The number of nitriles is 1. The molecule has 23 heavy (non-hydrogen) atoms. The van der Waals surface area contributed by atoms with Crippen molar-refractivity contribution in [1.29, 1.82) is 5.26 Å². The summed E-state index contributed by atoms with van der Waals surface area (Å²) in [5.41, 5.74) is 4.48. The third-order valence-electron chi connectivity index (χ3n) is 2.27. The Morgan fingerprint density at radius 3 is 2.17 bits per heavy atom. The number of nitrogens with zero attached hydrogens (tertiary/aromatic N) is 1. The van der Waals surface area contributed by atoms with E-state index in [0.29, 0.717) is 0 Å². The highest BCUT2D eigenvalue weighted by molar-refractivity contribution is 9.10. The van der Waals surface area contributed by atoms with Crippen LogP contribution in [-0.4, -0.2) is 4.98 Å². The summed E-state index contributed by atoms with van der Waals surface area (Å²) >= 11 is 8.70. The van der Waals surface area contributed by atoms with Crippen molar-refractivity contribution in [2.24, 2.45) is 0 Å². The summed E-state index contributed by atoms with van der Waals surface area (Å²) in [6.45, 7) is 12.0. The van der Waals surface area contributed by atoms with Crippen molar-refractivity contribution < 1.29 is 4.39 Å². The zero-order valence-corrected chi connectivity index (χ0v) is 16.5. The lowest BCUT2D eigenvalue weighted by atomic mass is 10.1. The number of H-pyrrole nitrogens is 1. The van der Waals surface area contributed by atoms with Gasteiger partial charge in [0.25, 0.3) is 0 Å². The number of aromatic amines is 1. The van der Waals surface area contributed by atoms with E-state index < -0.39 is 11.2 Å². The van der Waals surface area contributed by atoms with Gasteiger partial charge in [-0.2, -0.15) is 5.26 Å². The number of nitrogens with two attached hydrogens (primary N) is 1. The van der Waals surface area contributed by atoms with E-state index in [1.54, 1.807) is 6.07 Å². The molecule has 3 N–H and O–H groups in total. The van der Waals surface area contributed by atoms with Crippen LogP contribution in [0.2, 0.25) is 5.02 Å². The van der Waals surface area contributed by atoms with Crippen LogP contribution in [0.4, 0.5) is 10.2 Å². The van der Waals surface area contributed by atoms with Gasteiger partial charge in [-0.1, -0.05) is 53.1 Å². The minimum Gasteiger partial charge on any atom is -0.384 e. The largest absolute Gasteiger partial charge is 0.384 e. The standard InChI is InChI=1S/C10H4BrClFN3O.3C2H6/c11-6-5(12)1-3-8(7(6)13)16-10(15)4(2-14)9(3)17;3*1-2/h1H,(H3,15,16,17);3*1-2H3. The van der Waals surface area contributed by atoms with Crippen LogP contribution in [0, 0.1) is 17.1 Å². The highest BCUT2D eigenvalue weighted by atomic mass is 79.9. The normalized spacial score (nSPS) is 8.52. The summed E-state index contributed by atoms with van der Waals surface area (Å²) in [7, 11) is 0. The van der Waals surface area contributed by atoms with Gasteiger partial charge in [0.05, 0.1) is 20.4 Å². The van der Waals surface area contributed by atoms with Gasteiger partial charge in [0.15, 0.2) is 5.82 Å². The van der Waals surface area contributed by atoms with Crippen molar-refractivity contribution in [3.8, 4) is 6.07 Å². The predicted molar refractivity (Wildman–Crippen MR) is 100 cm³/mol. The average Bonchev–Trinajstić information content (AvgIpc) is 2.60. The molecule has 2 aromatic rings. The minimum absolute atomic E-state index is 0.0125. The molecule has 4 nitrogen and oxygen atoms in total. The van der Waals surface area contributed by atoms with E-state index >= 15 is 0 Å². The van der Waals surface area contributed by atoms with Gasteiger partial charge in [-0.25, -0.2) is 4.39 Å². The molecule has 0 fully saturated rings. The molecule has 0 bridgehead atoms. The third-order valence-corrected chi connectivity index (χ3v) is 3.58. The Kier molecular flexibility index (Phi) is 12.3. The lowest BCUT2D eigenvalue weighted by molar-refractivity contribution is 0.630. The molecule has 2 rings (SSSR count). The zero-order valence-electron chi connectivity index (χ0n) is 14.1. The SMILES string of the molecule is CC.CC.CC.N#Cc1c(N)[nH]c2c(F)c(Br)c(Cl)cc2c1=O. The van der Waals surface area contributed by atoms with Gasteiger partial charge in [-0.05, 0) is 22.0 Å². The number of halogens is 3. The molecule has 128 valence electrons. The van der Waals surface area contributed by atoms with E-state index in [4.69, 9.17) is 22.6 Å². The molecule has 1 heterocycles. The van der Waals surface area contributed by atoms with Crippen LogP contribution in [-0.2, 0) is 0 Å². The molecule has 0 aliphatic heterocycles. The summed E-state index contributed by atoms with van der Waals surface area (Å²) in [5.74, 6) is -0.890. The number of aromatic nitrogens is 1. The first-order valence-corrected chi connectivity index (χ1v) is 8.53. The van der Waals surface area contributed by atoms with Crippen molar-refractivity contribution in [2.45, 2.75) is 41.5 Å². The maximum absolute atomic E-state index is 13.8. The van der Waals surface area contributed by atoms with Crippen LogP contribution in [0.25, 0.3) is 10.9 Å². The number of pyridine rings is 1. The minimum atomic E-state index is -0.721. The first-order chi connectivity index (χ1) is 11.0. The molecule has 1 aromatic heterocycles. The van der Waals surface area contributed by atoms with E-state index in [2.05, 4.69) is 20.9 Å². The van der Waals surface area contributed by atoms with E-state index in [1.165, 1.54) is 6.07 Å². The van der Waals surface area contributed by atoms with Gasteiger partial charge < -0.3 is 10.7 Å². The molecular weight excluding hydrogens is 385 g/mol. The average molecular weight is 407 g/mol. The number of fused-ring (bicyclic) bond motifs is 1. The van der Waals surface area contributed by atoms with Crippen molar-refractivity contribution in [1.82, 2.24) is 4.98 Å². The lowest BCUT2D eigenvalue weighted by Gasteiger charge is -2.06. The second-order valence-corrected chi connectivity index (χ2v) is 4.46. The fourth-order valence-electron chi connectivity index (χ4n) is 1.46. The highest BCUT2D eigenvalue weighted by Crippen LogP contribution is 2.30. The van der Waals surface area contributed by atoms with Crippen LogP contribution in [0.5, 0.6) is 0 Å². The van der Waals surface area contributed by atoms with E-state index in [0.717, 1.165) is 0 Å². The van der Waals surface area contributed by atoms with Crippen LogP contribution in [0.3, 0.4) is 0 Å². The first kappa shape index (κ1) is 23.7. The molecule has 1 aromatic carbocycles. The van der Waals surface area contributed by atoms with E-state index in [9.17, 15) is 9.18 Å². The molecule has 0 amide bonds. The second kappa shape index (κ2) is 11.9. The van der Waals surface area contributed by atoms with Crippen LogP contribution in [0.15, 0.2) is 15.3 Å². The number of hydrogen-bond donors (Lipinski definition) is 2. The third kappa shape index (κ3) is 5.22. The van der Waals surface area contributed by atoms with Crippen molar-refractivity contribution in [3.63, 3.8) is 0 Å². The maximum Gasteiger partial charge on any atom is 0.209 e. The van der Waals surface area contributed by atoms with E-state index in [1.807, 2.05) is 41.5 Å². The summed E-state index contributed by atoms with van der Waals surface area (Å²) in [4.78, 5) is 14.3. The Balaban J connectivity index is 0. The van der Waals surface area contributed by atoms with E-state index in [-0.39, 0.29) is 31.8 Å². The number of hydrogen-bond acceptors (Lipinski definition) is 3. The summed E-state index contributed by atoms with van der Waals surface area (Å²) in [5, 5.41) is 8.80. The molecule has 0 saturated carbocycles. The van der Waals surface area contributed by atoms with Crippen molar-refractivity contribution in [2.75, 3.05) is 5.73 Å². The Labute approximate surface area is 149 Å². The molecule has 0 aliphatic rings.